The first kappa shape index (κ1) is 15.3. The van der Waals surface area contributed by atoms with Crippen LogP contribution in [-0.4, -0.2) is 32.7 Å². The van der Waals surface area contributed by atoms with Gasteiger partial charge in [-0.05, 0) is 24.6 Å². The molecular formula is C18H17N5O2. The molecule has 0 radical (unpaired) electrons. The van der Waals surface area contributed by atoms with E-state index in [1.165, 1.54) is 6.33 Å². The molecule has 1 atom stereocenters. The molecular weight excluding hydrogens is 318 g/mol. The molecule has 0 unspecified atom stereocenters. The zero-order valence-electron chi connectivity index (χ0n) is 13.7. The van der Waals surface area contributed by atoms with Crippen molar-refractivity contribution in [3.63, 3.8) is 0 Å². The monoisotopic (exact) mass is 335 g/mol. The molecule has 0 bridgehead atoms. The molecule has 1 aromatic carbocycles. The molecule has 0 spiro atoms. The maximum Gasteiger partial charge on any atom is 0.290 e. The second-order valence-corrected chi connectivity index (χ2v) is 6.01. The van der Waals surface area contributed by atoms with E-state index < -0.39 is 5.54 Å². The number of carbonyl (C=O) groups excluding carboxylic acids is 1. The van der Waals surface area contributed by atoms with Crippen molar-refractivity contribution >= 4 is 5.91 Å². The van der Waals surface area contributed by atoms with Crippen molar-refractivity contribution in [3.05, 3.63) is 71.6 Å². The van der Waals surface area contributed by atoms with Gasteiger partial charge in [0, 0.05) is 12.6 Å². The highest BCUT2D eigenvalue weighted by Crippen LogP contribution is 2.40. The Balaban J connectivity index is 1.85. The Kier molecular flexibility index (Phi) is 3.68. The van der Waals surface area contributed by atoms with Crippen LogP contribution in [0.5, 0.6) is 5.75 Å². The van der Waals surface area contributed by atoms with Crippen LogP contribution in [0.25, 0.3) is 0 Å². The number of hydrogen-bond donors (Lipinski definition) is 2. The Bertz CT molecular complexity index is 892. The molecule has 1 aliphatic rings. The molecule has 1 amide bonds. The predicted octanol–water partition coefficient (Wildman–Crippen LogP) is 1.96. The van der Waals surface area contributed by atoms with Crippen LogP contribution in [0.15, 0.2) is 48.9 Å². The summed E-state index contributed by atoms with van der Waals surface area (Å²) >= 11 is 0. The molecule has 0 saturated carbocycles. The Labute approximate surface area is 144 Å². The second-order valence-electron chi connectivity index (χ2n) is 6.01. The lowest BCUT2D eigenvalue weighted by molar-refractivity contribution is 0.0873. The largest absolute Gasteiger partial charge is 0.491 e. The highest BCUT2D eigenvalue weighted by Gasteiger charge is 2.42. The number of fused-ring (bicyclic) bond motifs is 1. The van der Waals surface area contributed by atoms with Crippen LogP contribution in [0.3, 0.4) is 0 Å². The topological polar surface area (TPSA) is 92.8 Å². The van der Waals surface area contributed by atoms with Gasteiger partial charge in [-0.1, -0.05) is 29.8 Å². The van der Waals surface area contributed by atoms with Gasteiger partial charge in [0.1, 0.15) is 23.3 Å². The molecule has 126 valence electrons. The number of hydrogen-bond acceptors (Lipinski definition) is 5. The Morgan fingerprint density at radius 1 is 1.28 bits per heavy atom. The Morgan fingerprint density at radius 2 is 2.12 bits per heavy atom. The predicted molar refractivity (Wildman–Crippen MR) is 90.2 cm³/mol. The van der Waals surface area contributed by atoms with Gasteiger partial charge in [-0.2, -0.15) is 0 Å². The lowest BCUT2D eigenvalue weighted by Gasteiger charge is -2.38. The molecule has 0 aliphatic carbocycles. The van der Waals surface area contributed by atoms with Crippen LogP contribution in [-0.2, 0) is 5.54 Å². The smallest absolute Gasteiger partial charge is 0.290 e. The Morgan fingerprint density at radius 3 is 2.88 bits per heavy atom. The van der Waals surface area contributed by atoms with E-state index in [9.17, 15) is 4.79 Å². The number of nitrogens with one attached hydrogen (secondary N) is 2. The first-order chi connectivity index (χ1) is 12.2. The first-order valence-electron chi connectivity index (χ1n) is 8.03. The number of aromatic amines is 1. The molecule has 3 aromatic rings. The van der Waals surface area contributed by atoms with E-state index in [0.717, 1.165) is 11.1 Å². The number of aromatic nitrogens is 4. The van der Waals surface area contributed by atoms with Crippen LogP contribution in [0.2, 0.25) is 0 Å². The van der Waals surface area contributed by atoms with E-state index >= 15 is 0 Å². The second kappa shape index (κ2) is 6.01. The maximum absolute atomic E-state index is 12.7. The summed E-state index contributed by atoms with van der Waals surface area (Å²) in [5, 5.41) is 10.6. The van der Waals surface area contributed by atoms with Gasteiger partial charge in [-0.25, -0.2) is 0 Å². The van der Waals surface area contributed by atoms with Crippen molar-refractivity contribution in [3.8, 4) is 5.75 Å². The van der Waals surface area contributed by atoms with Gasteiger partial charge in [-0.15, -0.1) is 10.2 Å². The summed E-state index contributed by atoms with van der Waals surface area (Å²) in [6.07, 6.45) is 3.65. The molecule has 1 aliphatic heterocycles. The average Bonchev–Trinajstić information content (AvgIpc) is 3.17. The fourth-order valence-electron chi connectivity index (χ4n) is 3.14. The van der Waals surface area contributed by atoms with E-state index in [1.54, 1.807) is 6.20 Å². The number of amides is 1. The lowest BCUT2D eigenvalue weighted by Crippen LogP contribution is -2.50. The minimum atomic E-state index is -0.785. The normalized spacial score (nSPS) is 18.9. The molecule has 7 heteroatoms. The molecule has 7 nitrogen and oxygen atoms in total. The molecule has 0 saturated heterocycles. The summed E-state index contributed by atoms with van der Waals surface area (Å²) in [6.45, 7) is 2.50. The van der Waals surface area contributed by atoms with E-state index in [0.29, 0.717) is 24.5 Å². The summed E-state index contributed by atoms with van der Waals surface area (Å²) in [5.74, 6) is 0.499. The van der Waals surface area contributed by atoms with Crippen molar-refractivity contribution in [1.29, 1.82) is 0 Å². The van der Waals surface area contributed by atoms with Crippen LogP contribution >= 0.6 is 0 Å². The maximum atomic E-state index is 12.7. The van der Waals surface area contributed by atoms with Crippen LogP contribution in [0.1, 0.15) is 33.9 Å². The van der Waals surface area contributed by atoms with Crippen LogP contribution < -0.4 is 10.1 Å². The molecule has 4 rings (SSSR count). The molecule has 25 heavy (non-hydrogen) atoms. The first-order valence-corrected chi connectivity index (χ1v) is 8.03. The van der Waals surface area contributed by atoms with E-state index in [-0.39, 0.29) is 11.7 Å². The van der Waals surface area contributed by atoms with E-state index in [2.05, 4.69) is 25.5 Å². The Hall–Kier alpha value is -3.22. The van der Waals surface area contributed by atoms with Crippen molar-refractivity contribution in [2.75, 3.05) is 6.61 Å². The van der Waals surface area contributed by atoms with Gasteiger partial charge >= 0.3 is 0 Å². The summed E-state index contributed by atoms with van der Waals surface area (Å²) in [6, 6.07) is 11.8. The third-order valence-electron chi connectivity index (χ3n) is 4.41. The fraction of sp³-hybridized carbons (Fsp3) is 0.222. The van der Waals surface area contributed by atoms with Crippen molar-refractivity contribution in [2.24, 2.45) is 0 Å². The minimum Gasteiger partial charge on any atom is -0.491 e. The lowest BCUT2D eigenvalue weighted by atomic mass is 9.81. The van der Waals surface area contributed by atoms with Crippen LogP contribution in [0.4, 0.5) is 0 Å². The number of nitrogens with zero attached hydrogens (tertiary/aromatic N) is 3. The van der Waals surface area contributed by atoms with E-state index in [4.69, 9.17) is 4.74 Å². The zero-order chi connectivity index (χ0) is 17.3. The molecule has 3 heterocycles. The average molecular weight is 335 g/mol. The quantitative estimate of drug-likeness (QED) is 0.763. The molecule has 2 aromatic heterocycles. The van der Waals surface area contributed by atoms with Crippen molar-refractivity contribution in [1.82, 2.24) is 25.5 Å². The number of carbonyl (C=O) groups is 1. The fourth-order valence-corrected chi connectivity index (χ4v) is 3.14. The third-order valence-corrected chi connectivity index (χ3v) is 4.41. The van der Waals surface area contributed by atoms with Gasteiger partial charge in [-0.3, -0.25) is 9.78 Å². The van der Waals surface area contributed by atoms with E-state index in [1.807, 2.05) is 43.3 Å². The standard InChI is InChI=1S/C18H17N5O2/c1-12-4-6-13(7-5-12)18(22-17(24)16-20-11-21-23-16)8-10-25-14-3-2-9-19-15(14)18/h2-7,9,11H,8,10H2,1H3,(H,22,24)(H,20,21,23)/t18-/m0/s1. The third kappa shape index (κ3) is 2.63. The SMILES string of the molecule is Cc1ccc([C@@]2(NC(=O)c3nnc[nH]3)CCOc3cccnc32)cc1. The molecule has 0 fully saturated rings. The number of rotatable bonds is 3. The highest BCUT2D eigenvalue weighted by molar-refractivity contribution is 5.91. The van der Waals surface area contributed by atoms with Crippen LogP contribution in [0, 0.1) is 6.92 Å². The highest BCUT2D eigenvalue weighted by atomic mass is 16.5. The summed E-state index contributed by atoms with van der Waals surface area (Å²) in [7, 11) is 0. The minimum absolute atomic E-state index is 0.162. The number of benzene rings is 1. The van der Waals surface area contributed by atoms with Gasteiger partial charge in [0.05, 0.1) is 6.61 Å². The van der Waals surface area contributed by atoms with Gasteiger partial charge < -0.3 is 15.0 Å². The van der Waals surface area contributed by atoms with Gasteiger partial charge in [0.2, 0.25) is 5.82 Å². The van der Waals surface area contributed by atoms with Crippen molar-refractivity contribution < 1.29 is 9.53 Å². The molecule has 2 N–H and O–H groups in total. The van der Waals surface area contributed by atoms with Crippen molar-refractivity contribution in [2.45, 2.75) is 18.9 Å². The number of pyridine rings is 1. The van der Waals surface area contributed by atoms with Gasteiger partial charge in [0.25, 0.3) is 5.91 Å². The number of aryl methyl sites for hydroxylation is 1. The zero-order valence-corrected chi connectivity index (χ0v) is 13.7. The summed E-state index contributed by atoms with van der Waals surface area (Å²) < 4.78 is 5.75. The summed E-state index contributed by atoms with van der Waals surface area (Å²) in [4.78, 5) is 20.0. The summed E-state index contributed by atoms with van der Waals surface area (Å²) in [5.41, 5.74) is 2.01. The van der Waals surface area contributed by atoms with Gasteiger partial charge in [0.15, 0.2) is 0 Å². The number of ether oxygens (including phenoxy) is 1. The number of H-pyrrole nitrogens is 1.